The molecule has 3 heterocycles. The topological polar surface area (TPSA) is 77.0 Å². The van der Waals surface area contributed by atoms with E-state index in [1.807, 2.05) is 6.07 Å². The molecule has 0 aliphatic carbocycles. The van der Waals surface area contributed by atoms with E-state index >= 15 is 0 Å². The molecule has 3 aromatic rings. The van der Waals surface area contributed by atoms with E-state index in [0.29, 0.717) is 22.4 Å². The van der Waals surface area contributed by atoms with Gasteiger partial charge in [-0.05, 0) is 36.4 Å². The van der Waals surface area contributed by atoms with E-state index in [9.17, 15) is 9.18 Å². The van der Waals surface area contributed by atoms with Crippen molar-refractivity contribution in [3.8, 4) is 0 Å². The van der Waals surface area contributed by atoms with Gasteiger partial charge >= 0.3 is 5.97 Å². The van der Waals surface area contributed by atoms with Crippen molar-refractivity contribution in [2.45, 2.75) is 0 Å². The van der Waals surface area contributed by atoms with Crippen molar-refractivity contribution in [3.63, 3.8) is 0 Å². The Morgan fingerprint density at radius 3 is 2.69 bits per heavy atom. The van der Waals surface area contributed by atoms with E-state index in [0.717, 1.165) is 0 Å². The minimum Gasteiger partial charge on any atom is -0.464 e. The molecule has 0 amide bonds. The first kappa shape index (κ1) is 20.2. The van der Waals surface area contributed by atoms with Gasteiger partial charge in [0, 0.05) is 34.1 Å². The van der Waals surface area contributed by atoms with Gasteiger partial charge < -0.3 is 10.1 Å². The largest absolute Gasteiger partial charge is 0.464 e. The van der Waals surface area contributed by atoms with Crippen LogP contribution in [0.3, 0.4) is 0 Å². The molecule has 0 aromatic carbocycles. The van der Waals surface area contributed by atoms with Gasteiger partial charge in [-0.2, -0.15) is 0 Å². The molecule has 146 valence electrons. The number of anilines is 2. The summed E-state index contributed by atoms with van der Waals surface area (Å²) in [7, 11) is 1.28. The molecule has 8 heteroatoms. The normalized spacial score (nSPS) is 11.2. The van der Waals surface area contributed by atoms with Crippen molar-refractivity contribution in [2.24, 2.45) is 0 Å². The predicted molar refractivity (Wildman–Crippen MR) is 112 cm³/mol. The molecule has 0 aliphatic rings. The summed E-state index contributed by atoms with van der Waals surface area (Å²) in [5.74, 6) is -1.27. The Kier molecular flexibility index (Phi) is 5.99. The number of carbonyl (C=O) groups excluding carboxylic acids is 1. The van der Waals surface area contributed by atoms with E-state index in [-0.39, 0.29) is 22.0 Å². The van der Waals surface area contributed by atoms with Crippen LogP contribution in [0.1, 0.15) is 16.2 Å². The molecule has 29 heavy (non-hydrogen) atoms. The first-order chi connectivity index (χ1) is 13.9. The van der Waals surface area contributed by atoms with Crippen LogP contribution in [0.25, 0.3) is 16.6 Å². The number of hydrogen-bond donors (Lipinski definition) is 1. The monoisotopic (exact) mass is 410 g/mol. The average molecular weight is 411 g/mol. The number of pyridine rings is 3. The number of ether oxygens (including phenoxy) is 1. The first-order valence-corrected chi connectivity index (χ1v) is 8.75. The van der Waals surface area contributed by atoms with Crippen LogP contribution < -0.4 is 5.32 Å². The summed E-state index contributed by atoms with van der Waals surface area (Å²) in [6.07, 6.45) is 4.40. The third kappa shape index (κ3) is 4.64. The Labute approximate surface area is 171 Å². The Balaban J connectivity index is 2.13. The van der Waals surface area contributed by atoms with Gasteiger partial charge in [0.2, 0.25) is 0 Å². The van der Waals surface area contributed by atoms with Crippen LogP contribution in [0.5, 0.6) is 0 Å². The maximum absolute atomic E-state index is 14.0. The molecule has 0 aliphatic heterocycles. The molecule has 0 unspecified atom stereocenters. The molecule has 0 atom stereocenters. The minimum atomic E-state index is -0.711. The molecular formula is C21H16ClFN4O2. The Morgan fingerprint density at radius 1 is 1.21 bits per heavy atom. The smallest absolute Gasteiger partial charge is 0.356 e. The molecule has 0 bridgehead atoms. The van der Waals surface area contributed by atoms with Crippen LogP contribution in [0.2, 0.25) is 0 Å². The van der Waals surface area contributed by atoms with Crippen LogP contribution in [0, 0.1) is 0 Å². The quantitative estimate of drug-likeness (QED) is 0.446. The molecule has 0 fully saturated rings. The van der Waals surface area contributed by atoms with Crippen LogP contribution >= 0.6 is 11.6 Å². The number of aromatic nitrogens is 3. The molecule has 0 saturated heterocycles. The van der Waals surface area contributed by atoms with Gasteiger partial charge in [0.15, 0.2) is 5.65 Å². The number of nitrogens with zero attached hydrogens (tertiary/aromatic N) is 3. The zero-order chi connectivity index (χ0) is 21.0. The number of nitrogens with one attached hydrogen (secondary N) is 1. The number of esters is 1. The lowest BCUT2D eigenvalue weighted by Crippen LogP contribution is -2.05. The maximum Gasteiger partial charge on any atom is 0.356 e. The van der Waals surface area contributed by atoms with Gasteiger partial charge in [0.25, 0.3) is 0 Å². The second kappa shape index (κ2) is 8.62. The molecule has 6 nitrogen and oxygen atoms in total. The number of rotatable bonds is 6. The molecule has 3 rings (SSSR count). The van der Waals surface area contributed by atoms with Gasteiger partial charge in [-0.15, -0.1) is 0 Å². The van der Waals surface area contributed by atoms with Crippen LogP contribution in [-0.4, -0.2) is 28.0 Å². The standard InChI is InChI=1S/C21H16ClFN4O2/c1-12(22)9-16(13(2)23)18-11-17(15-5-4-7-25-20(15)27-18)26-14-6-8-24-19(10-14)21(28)29-3/h4-11H,1-2H2,3H3,(H,24,25,26,27)/b16-9+. The second-order valence-electron chi connectivity index (χ2n) is 5.89. The van der Waals surface area contributed by atoms with Crippen LogP contribution in [-0.2, 0) is 4.74 Å². The van der Waals surface area contributed by atoms with Gasteiger partial charge in [0.05, 0.1) is 18.5 Å². The Hall–Kier alpha value is -3.58. The number of hydrogen-bond acceptors (Lipinski definition) is 6. The molecule has 0 saturated carbocycles. The maximum atomic E-state index is 14.0. The summed E-state index contributed by atoms with van der Waals surface area (Å²) in [5, 5.41) is 4.02. The first-order valence-electron chi connectivity index (χ1n) is 8.37. The van der Waals surface area contributed by atoms with E-state index in [1.165, 1.54) is 19.4 Å². The van der Waals surface area contributed by atoms with Crippen molar-refractivity contribution < 1.29 is 13.9 Å². The van der Waals surface area contributed by atoms with E-state index < -0.39 is 11.8 Å². The van der Waals surface area contributed by atoms with Gasteiger partial charge in [-0.25, -0.2) is 24.1 Å². The number of fused-ring (bicyclic) bond motifs is 1. The molecule has 0 radical (unpaired) electrons. The summed E-state index contributed by atoms with van der Waals surface area (Å²) in [4.78, 5) is 24.4. The summed E-state index contributed by atoms with van der Waals surface area (Å²) < 4.78 is 18.7. The van der Waals surface area contributed by atoms with Gasteiger partial charge in [0.1, 0.15) is 11.5 Å². The lowest BCUT2D eigenvalue weighted by molar-refractivity contribution is 0.0594. The highest BCUT2D eigenvalue weighted by molar-refractivity contribution is 6.31. The fraction of sp³-hybridized carbons (Fsp3) is 0.0476. The summed E-state index contributed by atoms with van der Waals surface area (Å²) in [6.45, 7) is 6.90. The van der Waals surface area contributed by atoms with Crippen LogP contribution in [0.15, 0.2) is 72.8 Å². The molecular weight excluding hydrogens is 395 g/mol. The molecule has 3 aromatic heterocycles. The van der Waals surface area contributed by atoms with Gasteiger partial charge in [-0.1, -0.05) is 24.8 Å². The zero-order valence-electron chi connectivity index (χ0n) is 15.4. The number of allylic oxidation sites excluding steroid dienone is 4. The highest BCUT2D eigenvalue weighted by Gasteiger charge is 2.14. The third-order valence-corrected chi connectivity index (χ3v) is 4.00. The SMILES string of the molecule is C=C(Cl)/C=C(\C(=C)F)c1cc(Nc2ccnc(C(=O)OC)c2)c2cccnc2n1. The molecule has 0 spiro atoms. The summed E-state index contributed by atoms with van der Waals surface area (Å²) in [6, 6.07) is 8.43. The Morgan fingerprint density at radius 2 is 2.00 bits per heavy atom. The number of carbonyl (C=O) groups is 1. The van der Waals surface area contributed by atoms with E-state index in [1.54, 1.807) is 30.5 Å². The van der Waals surface area contributed by atoms with Crippen molar-refractivity contribution in [2.75, 3.05) is 12.4 Å². The summed E-state index contributed by atoms with van der Waals surface area (Å²) >= 11 is 5.83. The van der Waals surface area contributed by atoms with Crippen molar-refractivity contribution in [3.05, 3.63) is 84.2 Å². The molecule has 1 N–H and O–H groups in total. The van der Waals surface area contributed by atoms with Crippen molar-refractivity contribution >= 4 is 45.6 Å². The van der Waals surface area contributed by atoms with E-state index in [2.05, 4.69) is 33.4 Å². The van der Waals surface area contributed by atoms with Crippen molar-refractivity contribution in [1.29, 1.82) is 0 Å². The van der Waals surface area contributed by atoms with E-state index in [4.69, 9.17) is 16.3 Å². The van der Waals surface area contributed by atoms with Crippen molar-refractivity contribution in [1.82, 2.24) is 15.0 Å². The Bertz CT molecular complexity index is 1160. The highest BCUT2D eigenvalue weighted by Crippen LogP contribution is 2.31. The fourth-order valence-electron chi connectivity index (χ4n) is 2.63. The third-order valence-electron chi connectivity index (χ3n) is 3.89. The predicted octanol–water partition coefficient (Wildman–Crippen LogP) is 5.17. The fourth-order valence-corrected chi connectivity index (χ4v) is 2.74. The second-order valence-corrected chi connectivity index (χ2v) is 6.37. The van der Waals surface area contributed by atoms with Crippen LogP contribution in [0.4, 0.5) is 15.8 Å². The average Bonchev–Trinajstić information content (AvgIpc) is 2.71. The lowest BCUT2D eigenvalue weighted by Gasteiger charge is -2.13. The summed E-state index contributed by atoms with van der Waals surface area (Å²) in [5.41, 5.74) is 2.06. The minimum absolute atomic E-state index is 0.0885. The number of methoxy groups -OCH3 is 1. The lowest BCUT2D eigenvalue weighted by atomic mass is 10.1. The number of halogens is 2. The zero-order valence-corrected chi connectivity index (χ0v) is 16.2. The highest BCUT2D eigenvalue weighted by atomic mass is 35.5. The van der Waals surface area contributed by atoms with Gasteiger partial charge in [-0.3, -0.25) is 0 Å².